The van der Waals surface area contributed by atoms with Gasteiger partial charge in [-0.25, -0.2) is 4.79 Å². The molecule has 5 nitrogen and oxygen atoms in total. The zero-order valence-electron chi connectivity index (χ0n) is 14.7. The van der Waals surface area contributed by atoms with Crippen molar-refractivity contribution in [3.05, 3.63) is 65.7 Å². The van der Waals surface area contributed by atoms with Gasteiger partial charge in [0.05, 0.1) is 7.11 Å². The van der Waals surface area contributed by atoms with Crippen LogP contribution in [0.1, 0.15) is 24.0 Å². The van der Waals surface area contributed by atoms with Gasteiger partial charge in [-0.15, -0.1) is 0 Å². The number of methoxy groups -OCH3 is 1. The van der Waals surface area contributed by atoms with E-state index in [0.717, 1.165) is 42.8 Å². The third kappa shape index (κ3) is 7.27. The molecule has 2 aromatic carbocycles. The van der Waals surface area contributed by atoms with Crippen molar-refractivity contribution in [1.82, 2.24) is 10.6 Å². The molecule has 0 fully saturated rings. The minimum Gasteiger partial charge on any atom is -0.496 e. The van der Waals surface area contributed by atoms with Gasteiger partial charge in [0.25, 0.3) is 0 Å². The highest BCUT2D eigenvalue weighted by atomic mass is 16.5. The van der Waals surface area contributed by atoms with Crippen LogP contribution in [0.5, 0.6) is 5.75 Å². The van der Waals surface area contributed by atoms with Gasteiger partial charge in [-0.1, -0.05) is 48.5 Å². The van der Waals surface area contributed by atoms with Crippen molar-refractivity contribution in [3.63, 3.8) is 0 Å². The maximum atomic E-state index is 11.6. The highest BCUT2D eigenvalue weighted by molar-refractivity contribution is 5.67. The quantitative estimate of drug-likeness (QED) is 0.649. The zero-order valence-corrected chi connectivity index (χ0v) is 14.7. The number of para-hydroxylation sites is 1. The molecule has 5 heteroatoms. The number of hydrogen-bond acceptors (Lipinski definition) is 4. The van der Waals surface area contributed by atoms with Crippen LogP contribution in [0, 0.1) is 0 Å². The van der Waals surface area contributed by atoms with E-state index < -0.39 is 0 Å². The molecule has 2 N–H and O–H groups in total. The average Bonchev–Trinajstić information content (AvgIpc) is 2.66. The van der Waals surface area contributed by atoms with E-state index in [1.807, 2.05) is 48.5 Å². The lowest BCUT2D eigenvalue weighted by Crippen LogP contribution is -2.26. The zero-order chi connectivity index (χ0) is 17.7. The molecule has 2 aromatic rings. The molecule has 0 aliphatic heterocycles. The number of alkyl carbamates (subject to hydrolysis) is 1. The number of benzene rings is 2. The molecule has 0 aliphatic rings. The van der Waals surface area contributed by atoms with E-state index >= 15 is 0 Å². The molecule has 2 rings (SSSR count). The summed E-state index contributed by atoms with van der Waals surface area (Å²) in [6, 6.07) is 17.6. The summed E-state index contributed by atoms with van der Waals surface area (Å²) in [5.41, 5.74) is 2.13. The molecule has 0 spiro atoms. The van der Waals surface area contributed by atoms with Gasteiger partial charge in [-0.3, -0.25) is 0 Å². The Kier molecular flexibility index (Phi) is 8.35. The lowest BCUT2D eigenvalue weighted by molar-refractivity contribution is 0.139. The predicted molar refractivity (Wildman–Crippen MR) is 98.6 cm³/mol. The van der Waals surface area contributed by atoms with Crippen LogP contribution in [0.15, 0.2) is 54.6 Å². The molecule has 25 heavy (non-hydrogen) atoms. The van der Waals surface area contributed by atoms with Crippen LogP contribution < -0.4 is 15.4 Å². The lowest BCUT2D eigenvalue weighted by Gasteiger charge is -2.10. The second-order valence-corrected chi connectivity index (χ2v) is 5.68. The first-order valence-electron chi connectivity index (χ1n) is 8.57. The van der Waals surface area contributed by atoms with E-state index in [4.69, 9.17) is 9.47 Å². The van der Waals surface area contributed by atoms with Crippen LogP contribution in [0.2, 0.25) is 0 Å². The Labute approximate surface area is 149 Å². The molecule has 0 heterocycles. The van der Waals surface area contributed by atoms with E-state index in [-0.39, 0.29) is 6.09 Å². The van der Waals surface area contributed by atoms with Crippen molar-refractivity contribution in [1.29, 1.82) is 0 Å². The summed E-state index contributed by atoms with van der Waals surface area (Å²) in [5, 5.41) is 6.16. The third-order valence-electron chi connectivity index (χ3n) is 3.77. The molecule has 0 atom stereocenters. The Balaban J connectivity index is 1.49. The van der Waals surface area contributed by atoms with Crippen LogP contribution in [0.25, 0.3) is 0 Å². The normalized spacial score (nSPS) is 10.3. The van der Waals surface area contributed by atoms with E-state index in [1.165, 1.54) is 0 Å². The van der Waals surface area contributed by atoms with E-state index in [2.05, 4.69) is 16.7 Å². The maximum Gasteiger partial charge on any atom is 0.407 e. The summed E-state index contributed by atoms with van der Waals surface area (Å²) in [4.78, 5) is 11.6. The molecular weight excluding hydrogens is 316 g/mol. The Bertz CT molecular complexity index is 632. The number of rotatable bonds is 10. The van der Waals surface area contributed by atoms with Crippen molar-refractivity contribution in [2.24, 2.45) is 0 Å². The number of hydrogen-bond donors (Lipinski definition) is 2. The van der Waals surface area contributed by atoms with Gasteiger partial charge in [0, 0.05) is 18.7 Å². The second-order valence-electron chi connectivity index (χ2n) is 5.68. The van der Waals surface area contributed by atoms with Crippen molar-refractivity contribution in [3.8, 4) is 5.75 Å². The highest BCUT2D eigenvalue weighted by Gasteiger charge is 2.02. The van der Waals surface area contributed by atoms with Crippen molar-refractivity contribution in [2.75, 3.05) is 20.2 Å². The molecule has 0 aliphatic carbocycles. The SMILES string of the molecule is COc1ccccc1CNCCCCNC(=O)OCc1ccccc1. The standard InChI is InChI=1S/C20H26N2O3/c1-24-19-12-6-5-11-18(19)15-21-13-7-8-14-22-20(23)25-16-17-9-3-2-4-10-17/h2-6,9-12,21H,7-8,13-16H2,1H3,(H,22,23). The second kappa shape index (κ2) is 11.1. The van der Waals surface area contributed by atoms with Crippen LogP contribution in [0.3, 0.4) is 0 Å². The van der Waals surface area contributed by atoms with E-state index in [1.54, 1.807) is 7.11 Å². The number of amides is 1. The van der Waals surface area contributed by atoms with Gasteiger partial charge >= 0.3 is 6.09 Å². The lowest BCUT2D eigenvalue weighted by atomic mass is 10.2. The first kappa shape index (κ1) is 18.8. The molecule has 134 valence electrons. The van der Waals surface area contributed by atoms with Gasteiger partial charge in [0.15, 0.2) is 0 Å². The fourth-order valence-electron chi connectivity index (χ4n) is 2.41. The molecule has 0 bridgehead atoms. The van der Waals surface area contributed by atoms with E-state index in [9.17, 15) is 4.79 Å². The van der Waals surface area contributed by atoms with Gasteiger partial charge in [-0.2, -0.15) is 0 Å². The summed E-state index contributed by atoms with van der Waals surface area (Å²) in [6.07, 6.45) is 1.51. The van der Waals surface area contributed by atoms with Crippen LogP contribution in [0.4, 0.5) is 4.79 Å². The summed E-state index contributed by atoms with van der Waals surface area (Å²) in [6.45, 7) is 2.58. The van der Waals surface area contributed by atoms with Crippen LogP contribution >= 0.6 is 0 Å². The molecule has 0 radical (unpaired) electrons. The smallest absolute Gasteiger partial charge is 0.407 e. The fraction of sp³-hybridized carbons (Fsp3) is 0.350. The number of ether oxygens (including phenoxy) is 2. The monoisotopic (exact) mass is 342 g/mol. The molecule has 0 unspecified atom stereocenters. The Morgan fingerprint density at radius 3 is 2.48 bits per heavy atom. The summed E-state index contributed by atoms with van der Waals surface area (Å²) < 4.78 is 10.5. The first-order valence-corrected chi connectivity index (χ1v) is 8.57. The summed E-state index contributed by atoms with van der Waals surface area (Å²) >= 11 is 0. The van der Waals surface area contributed by atoms with Crippen molar-refractivity contribution in [2.45, 2.75) is 26.0 Å². The van der Waals surface area contributed by atoms with E-state index in [0.29, 0.717) is 13.2 Å². The fourth-order valence-corrected chi connectivity index (χ4v) is 2.41. The van der Waals surface area contributed by atoms with Gasteiger partial charge < -0.3 is 20.1 Å². The molecule has 1 amide bonds. The Morgan fingerprint density at radius 2 is 1.68 bits per heavy atom. The van der Waals surface area contributed by atoms with Gasteiger partial charge in [-0.05, 0) is 31.0 Å². The molecular formula is C20H26N2O3. The maximum absolute atomic E-state index is 11.6. The van der Waals surface area contributed by atoms with Crippen molar-refractivity contribution < 1.29 is 14.3 Å². The topological polar surface area (TPSA) is 59.6 Å². The number of nitrogens with one attached hydrogen (secondary N) is 2. The summed E-state index contributed by atoms with van der Waals surface area (Å²) in [7, 11) is 1.68. The highest BCUT2D eigenvalue weighted by Crippen LogP contribution is 2.16. The van der Waals surface area contributed by atoms with Gasteiger partial charge in [0.1, 0.15) is 12.4 Å². The minimum absolute atomic E-state index is 0.299. The Morgan fingerprint density at radius 1 is 0.960 bits per heavy atom. The number of unbranched alkanes of at least 4 members (excludes halogenated alkanes) is 1. The minimum atomic E-state index is -0.370. The Hall–Kier alpha value is -2.53. The third-order valence-corrected chi connectivity index (χ3v) is 3.77. The average molecular weight is 342 g/mol. The molecule has 0 saturated heterocycles. The largest absolute Gasteiger partial charge is 0.496 e. The number of carbonyl (C=O) groups is 1. The van der Waals surface area contributed by atoms with Crippen LogP contribution in [-0.2, 0) is 17.9 Å². The predicted octanol–water partition coefficient (Wildman–Crippen LogP) is 3.49. The summed E-state index contributed by atoms with van der Waals surface area (Å²) in [5.74, 6) is 0.901. The van der Waals surface area contributed by atoms with Crippen molar-refractivity contribution >= 4 is 6.09 Å². The first-order chi connectivity index (χ1) is 12.3. The van der Waals surface area contributed by atoms with Gasteiger partial charge in [0.2, 0.25) is 0 Å². The molecule has 0 aromatic heterocycles. The van der Waals surface area contributed by atoms with Crippen LogP contribution in [-0.4, -0.2) is 26.3 Å². The molecule has 0 saturated carbocycles. The number of carbonyl (C=O) groups excluding carboxylic acids is 1.